The van der Waals surface area contributed by atoms with Crippen LogP contribution in [0.25, 0.3) is 0 Å². The van der Waals surface area contributed by atoms with E-state index < -0.39 is 0 Å². The summed E-state index contributed by atoms with van der Waals surface area (Å²) < 4.78 is 0. The number of carbonyl (C=O) groups excluding carboxylic acids is 1. The molecular formula is C8H12N4OS. The fourth-order valence-corrected chi connectivity index (χ4v) is 2.19. The Hall–Kier alpha value is -1.01. The first-order chi connectivity index (χ1) is 6.86. The number of hydrogen-bond donors (Lipinski definition) is 3. The van der Waals surface area contributed by atoms with E-state index >= 15 is 0 Å². The molecule has 0 radical (unpaired) electrons. The summed E-state index contributed by atoms with van der Waals surface area (Å²) in [5.41, 5.74) is 0. The zero-order chi connectivity index (χ0) is 9.80. The highest BCUT2D eigenvalue weighted by molar-refractivity contribution is 7.99. The number of H-pyrrole nitrogens is 1. The predicted molar refractivity (Wildman–Crippen MR) is 54.7 cm³/mol. The Balaban J connectivity index is 1.77. The molecule has 1 fully saturated rings. The summed E-state index contributed by atoms with van der Waals surface area (Å²) in [5.74, 6) is 2.54. The Morgan fingerprint density at radius 1 is 1.79 bits per heavy atom. The Bertz CT molecular complexity index is 294. The standard InChI is InChI=1S/C8H12N4OS/c13-8(6-4-14-5-12-6)11-3-7-9-1-2-10-7/h1-2,6,12H,3-5H2,(H,9,10)(H,11,13)/t6-/m1/s1. The monoisotopic (exact) mass is 212 g/mol. The summed E-state index contributed by atoms with van der Waals surface area (Å²) in [7, 11) is 0. The van der Waals surface area contributed by atoms with Gasteiger partial charge in [0.2, 0.25) is 5.91 Å². The molecule has 0 aromatic carbocycles. The van der Waals surface area contributed by atoms with Gasteiger partial charge in [-0.1, -0.05) is 0 Å². The fraction of sp³-hybridized carbons (Fsp3) is 0.500. The lowest BCUT2D eigenvalue weighted by Crippen LogP contribution is -2.41. The highest BCUT2D eigenvalue weighted by Crippen LogP contribution is 2.09. The van der Waals surface area contributed by atoms with Crippen LogP contribution in [0.1, 0.15) is 5.82 Å². The van der Waals surface area contributed by atoms with Crippen molar-refractivity contribution in [2.75, 3.05) is 11.6 Å². The van der Waals surface area contributed by atoms with Crippen molar-refractivity contribution in [1.29, 1.82) is 0 Å². The molecule has 1 amide bonds. The minimum atomic E-state index is -0.0463. The van der Waals surface area contributed by atoms with E-state index in [1.54, 1.807) is 24.2 Å². The Labute approximate surface area is 86.1 Å². The van der Waals surface area contributed by atoms with Gasteiger partial charge in [0, 0.05) is 24.0 Å². The zero-order valence-corrected chi connectivity index (χ0v) is 8.43. The molecule has 0 unspecified atom stereocenters. The third kappa shape index (κ3) is 2.27. The van der Waals surface area contributed by atoms with Gasteiger partial charge in [-0.15, -0.1) is 11.8 Å². The van der Waals surface area contributed by atoms with Crippen LogP contribution in [-0.2, 0) is 11.3 Å². The quantitative estimate of drug-likeness (QED) is 0.643. The van der Waals surface area contributed by atoms with Crippen molar-refractivity contribution >= 4 is 17.7 Å². The molecule has 2 rings (SSSR count). The molecule has 6 heteroatoms. The van der Waals surface area contributed by atoms with Crippen LogP contribution in [0.4, 0.5) is 0 Å². The lowest BCUT2D eigenvalue weighted by atomic mass is 10.3. The molecule has 0 bridgehead atoms. The normalized spacial score (nSPS) is 21.0. The number of imidazole rings is 1. The third-order valence-corrected chi connectivity index (χ3v) is 2.96. The van der Waals surface area contributed by atoms with Crippen molar-refractivity contribution < 1.29 is 4.79 Å². The molecule has 0 saturated carbocycles. The molecule has 5 nitrogen and oxygen atoms in total. The molecule has 76 valence electrons. The smallest absolute Gasteiger partial charge is 0.238 e. The maximum absolute atomic E-state index is 11.5. The van der Waals surface area contributed by atoms with Crippen molar-refractivity contribution in [3.63, 3.8) is 0 Å². The van der Waals surface area contributed by atoms with E-state index in [1.807, 2.05) is 0 Å². The summed E-state index contributed by atoms with van der Waals surface area (Å²) >= 11 is 1.74. The van der Waals surface area contributed by atoms with Gasteiger partial charge < -0.3 is 10.3 Å². The maximum atomic E-state index is 11.5. The number of carbonyl (C=O) groups is 1. The second kappa shape index (κ2) is 4.47. The largest absolute Gasteiger partial charge is 0.347 e. The highest BCUT2D eigenvalue weighted by Gasteiger charge is 2.21. The molecule has 1 aliphatic rings. The van der Waals surface area contributed by atoms with Gasteiger partial charge in [0.1, 0.15) is 5.82 Å². The van der Waals surface area contributed by atoms with Crippen LogP contribution >= 0.6 is 11.8 Å². The van der Waals surface area contributed by atoms with Gasteiger partial charge in [0.25, 0.3) is 0 Å². The van der Waals surface area contributed by atoms with Gasteiger partial charge in [0.05, 0.1) is 12.6 Å². The van der Waals surface area contributed by atoms with Crippen LogP contribution in [0.5, 0.6) is 0 Å². The van der Waals surface area contributed by atoms with E-state index in [0.717, 1.165) is 17.5 Å². The Morgan fingerprint density at radius 2 is 2.71 bits per heavy atom. The number of aromatic amines is 1. The molecule has 0 spiro atoms. The minimum Gasteiger partial charge on any atom is -0.347 e. The first-order valence-corrected chi connectivity index (χ1v) is 5.59. The van der Waals surface area contributed by atoms with Gasteiger partial charge >= 0.3 is 0 Å². The lowest BCUT2D eigenvalue weighted by Gasteiger charge is -2.08. The first-order valence-electron chi connectivity index (χ1n) is 4.43. The lowest BCUT2D eigenvalue weighted by molar-refractivity contribution is -0.122. The molecule has 3 N–H and O–H groups in total. The van der Waals surface area contributed by atoms with Crippen LogP contribution in [-0.4, -0.2) is 33.5 Å². The van der Waals surface area contributed by atoms with Gasteiger partial charge in [-0.05, 0) is 0 Å². The van der Waals surface area contributed by atoms with Crippen LogP contribution < -0.4 is 10.6 Å². The van der Waals surface area contributed by atoms with E-state index in [1.165, 1.54) is 0 Å². The molecule has 2 heterocycles. The van der Waals surface area contributed by atoms with Crippen LogP contribution in [0, 0.1) is 0 Å². The maximum Gasteiger partial charge on any atom is 0.238 e. The number of nitrogens with zero attached hydrogens (tertiary/aromatic N) is 1. The van der Waals surface area contributed by atoms with Gasteiger partial charge in [-0.2, -0.15) is 0 Å². The zero-order valence-electron chi connectivity index (χ0n) is 7.62. The topological polar surface area (TPSA) is 69.8 Å². The van der Waals surface area contributed by atoms with E-state index in [9.17, 15) is 4.79 Å². The predicted octanol–water partition coefficient (Wildman–Crippen LogP) is -0.312. The molecular weight excluding hydrogens is 200 g/mol. The first kappa shape index (κ1) is 9.54. The van der Waals surface area contributed by atoms with Crippen molar-refractivity contribution in [3.05, 3.63) is 18.2 Å². The summed E-state index contributed by atoms with van der Waals surface area (Å²) in [6.07, 6.45) is 3.41. The average molecular weight is 212 g/mol. The van der Waals surface area contributed by atoms with Crippen molar-refractivity contribution in [1.82, 2.24) is 20.6 Å². The number of amides is 1. The highest BCUT2D eigenvalue weighted by atomic mass is 32.2. The molecule has 14 heavy (non-hydrogen) atoms. The number of hydrogen-bond acceptors (Lipinski definition) is 4. The van der Waals surface area contributed by atoms with Crippen LogP contribution in [0.3, 0.4) is 0 Å². The number of thioether (sulfide) groups is 1. The van der Waals surface area contributed by atoms with Crippen LogP contribution in [0.2, 0.25) is 0 Å². The Morgan fingerprint density at radius 3 is 3.36 bits per heavy atom. The molecule has 1 aromatic heterocycles. The summed E-state index contributed by atoms with van der Waals surface area (Å²) in [6, 6.07) is -0.0463. The minimum absolute atomic E-state index is 0.0463. The van der Waals surface area contributed by atoms with Gasteiger partial charge in [-0.25, -0.2) is 4.98 Å². The fourth-order valence-electron chi connectivity index (χ4n) is 1.25. The summed E-state index contributed by atoms with van der Waals surface area (Å²) in [6.45, 7) is 0.467. The molecule has 1 aliphatic heterocycles. The SMILES string of the molecule is O=C(NCc1ncc[nH]1)[C@H]1CSCN1. The van der Waals surface area contributed by atoms with Crippen LogP contribution in [0.15, 0.2) is 12.4 Å². The number of nitrogens with one attached hydrogen (secondary N) is 3. The number of rotatable bonds is 3. The number of aromatic nitrogens is 2. The molecule has 1 atom stereocenters. The third-order valence-electron chi connectivity index (χ3n) is 2.02. The summed E-state index contributed by atoms with van der Waals surface area (Å²) in [5, 5.41) is 5.93. The van der Waals surface area contributed by atoms with Crippen molar-refractivity contribution in [2.24, 2.45) is 0 Å². The van der Waals surface area contributed by atoms with E-state index in [-0.39, 0.29) is 11.9 Å². The van der Waals surface area contributed by atoms with Crippen molar-refractivity contribution in [2.45, 2.75) is 12.6 Å². The van der Waals surface area contributed by atoms with Gasteiger partial charge in [-0.3, -0.25) is 10.1 Å². The van der Waals surface area contributed by atoms with E-state index in [0.29, 0.717) is 6.54 Å². The van der Waals surface area contributed by atoms with E-state index in [2.05, 4.69) is 20.6 Å². The van der Waals surface area contributed by atoms with Crippen molar-refractivity contribution in [3.8, 4) is 0 Å². The van der Waals surface area contributed by atoms with Gasteiger partial charge in [0.15, 0.2) is 0 Å². The summed E-state index contributed by atoms with van der Waals surface area (Å²) in [4.78, 5) is 18.5. The molecule has 1 aromatic rings. The second-order valence-corrected chi connectivity index (χ2v) is 4.06. The molecule has 0 aliphatic carbocycles. The average Bonchev–Trinajstić information content (AvgIpc) is 2.87. The molecule has 1 saturated heterocycles. The second-order valence-electron chi connectivity index (χ2n) is 3.03. The Kier molecular flexibility index (Phi) is 3.05. The van der Waals surface area contributed by atoms with E-state index in [4.69, 9.17) is 0 Å².